The number of amides is 1. The topological polar surface area (TPSA) is 44.8 Å². The van der Waals surface area contributed by atoms with E-state index in [1.165, 1.54) is 19.3 Å². The van der Waals surface area contributed by atoms with Crippen molar-refractivity contribution in [2.75, 3.05) is 32.7 Å². The van der Waals surface area contributed by atoms with Crippen LogP contribution >= 0.6 is 0 Å². The van der Waals surface area contributed by atoms with Gasteiger partial charge >= 0.3 is 0 Å². The molecule has 4 atom stereocenters. The summed E-state index contributed by atoms with van der Waals surface area (Å²) in [6.45, 7) is 8.22. The van der Waals surface area contributed by atoms with Gasteiger partial charge in [0.2, 0.25) is 5.91 Å². The van der Waals surface area contributed by atoms with E-state index in [2.05, 4.69) is 10.2 Å². The second kappa shape index (κ2) is 6.00. The summed E-state index contributed by atoms with van der Waals surface area (Å²) >= 11 is 0. The Morgan fingerprint density at radius 1 is 1.10 bits per heavy atom. The van der Waals surface area contributed by atoms with Crippen LogP contribution in [0.5, 0.6) is 0 Å². The molecular weight excluding hydrogens is 254 g/mol. The summed E-state index contributed by atoms with van der Waals surface area (Å²) in [6.07, 6.45) is 4.07. The maximum Gasteiger partial charge on any atom is 0.236 e. The molecule has 2 bridgehead atoms. The fourth-order valence-electron chi connectivity index (χ4n) is 3.83. The Morgan fingerprint density at radius 3 is 2.55 bits per heavy atom. The highest BCUT2D eigenvalue weighted by atomic mass is 16.5. The average molecular weight is 281 g/mol. The molecule has 0 spiro atoms. The van der Waals surface area contributed by atoms with Gasteiger partial charge in [-0.25, -0.2) is 0 Å². The van der Waals surface area contributed by atoms with E-state index in [0.29, 0.717) is 18.6 Å². The number of rotatable bonds is 2. The molecule has 3 heterocycles. The number of morpholine rings is 1. The molecule has 0 saturated carbocycles. The molecule has 20 heavy (non-hydrogen) atoms. The molecule has 114 valence electrons. The number of hydrogen-bond acceptors (Lipinski definition) is 4. The molecule has 0 aromatic carbocycles. The second-order valence-electron chi connectivity index (χ2n) is 6.72. The third-order valence-electron chi connectivity index (χ3n) is 4.74. The van der Waals surface area contributed by atoms with Crippen molar-refractivity contribution in [2.45, 2.75) is 57.4 Å². The average Bonchev–Trinajstić information content (AvgIpc) is 2.71. The normalized spacial score (nSPS) is 38.8. The third kappa shape index (κ3) is 3.32. The zero-order chi connectivity index (χ0) is 14.1. The molecule has 4 unspecified atom stereocenters. The minimum absolute atomic E-state index is 0.157. The van der Waals surface area contributed by atoms with Crippen LogP contribution in [0.25, 0.3) is 0 Å². The van der Waals surface area contributed by atoms with E-state index in [9.17, 15) is 4.79 Å². The van der Waals surface area contributed by atoms with Crippen molar-refractivity contribution in [1.29, 1.82) is 0 Å². The van der Waals surface area contributed by atoms with Gasteiger partial charge in [0, 0.05) is 38.3 Å². The lowest BCUT2D eigenvalue weighted by Gasteiger charge is -2.36. The Labute approximate surface area is 121 Å². The number of likely N-dealkylation sites (tertiary alicyclic amines) is 1. The van der Waals surface area contributed by atoms with Crippen molar-refractivity contribution < 1.29 is 9.53 Å². The fourth-order valence-corrected chi connectivity index (χ4v) is 3.83. The van der Waals surface area contributed by atoms with Crippen LogP contribution in [-0.4, -0.2) is 72.7 Å². The Bertz CT molecular complexity index is 353. The first-order chi connectivity index (χ1) is 9.60. The van der Waals surface area contributed by atoms with E-state index in [4.69, 9.17) is 4.74 Å². The summed E-state index contributed by atoms with van der Waals surface area (Å²) in [4.78, 5) is 16.8. The van der Waals surface area contributed by atoms with Crippen molar-refractivity contribution in [1.82, 2.24) is 15.1 Å². The maximum absolute atomic E-state index is 12.5. The van der Waals surface area contributed by atoms with Crippen LogP contribution < -0.4 is 5.32 Å². The first kappa shape index (κ1) is 14.3. The highest BCUT2D eigenvalue weighted by Gasteiger charge is 2.31. The standard InChI is InChI=1S/C15H27N3O2/c1-11-7-18(8-12(2)20-11)15(19)10-17-6-5-13-3-4-14(9-17)16-13/h11-14,16H,3-10H2,1-2H3. The zero-order valence-corrected chi connectivity index (χ0v) is 12.7. The van der Waals surface area contributed by atoms with Gasteiger partial charge < -0.3 is 15.0 Å². The van der Waals surface area contributed by atoms with Crippen LogP contribution in [-0.2, 0) is 9.53 Å². The Morgan fingerprint density at radius 2 is 1.80 bits per heavy atom. The second-order valence-corrected chi connectivity index (χ2v) is 6.72. The van der Waals surface area contributed by atoms with Crippen LogP contribution in [0, 0.1) is 0 Å². The SMILES string of the molecule is CC1CN(C(=O)CN2CCC3CCC(C2)N3)CC(C)O1. The van der Waals surface area contributed by atoms with Gasteiger partial charge in [0.25, 0.3) is 0 Å². The molecule has 5 nitrogen and oxygen atoms in total. The zero-order valence-electron chi connectivity index (χ0n) is 12.7. The number of nitrogens with one attached hydrogen (secondary N) is 1. The monoisotopic (exact) mass is 281 g/mol. The molecule has 5 heteroatoms. The van der Waals surface area contributed by atoms with Gasteiger partial charge in [-0.15, -0.1) is 0 Å². The van der Waals surface area contributed by atoms with Crippen molar-refractivity contribution in [3.8, 4) is 0 Å². The first-order valence-corrected chi connectivity index (χ1v) is 8.02. The number of carbonyl (C=O) groups is 1. The summed E-state index contributed by atoms with van der Waals surface area (Å²) in [5, 5.41) is 3.66. The van der Waals surface area contributed by atoms with Crippen LogP contribution in [0.1, 0.15) is 33.1 Å². The Hall–Kier alpha value is -0.650. The third-order valence-corrected chi connectivity index (χ3v) is 4.74. The van der Waals surface area contributed by atoms with Crippen molar-refractivity contribution >= 4 is 5.91 Å². The minimum Gasteiger partial charge on any atom is -0.372 e. The quantitative estimate of drug-likeness (QED) is 0.798. The van der Waals surface area contributed by atoms with E-state index >= 15 is 0 Å². The number of nitrogens with zero attached hydrogens (tertiary/aromatic N) is 2. The molecule has 3 fully saturated rings. The van der Waals surface area contributed by atoms with Crippen molar-refractivity contribution in [3.63, 3.8) is 0 Å². The number of fused-ring (bicyclic) bond motifs is 2. The van der Waals surface area contributed by atoms with Gasteiger partial charge in [0.05, 0.1) is 18.8 Å². The van der Waals surface area contributed by atoms with Crippen molar-refractivity contribution in [3.05, 3.63) is 0 Å². The van der Waals surface area contributed by atoms with Gasteiger partial charge in [0.1, 0.15) is 0 Å². The summed E-state index contributed by atoms with van der Waals surface area (Å²) in [6, 6.07) is 1.28. The van der Waals surface area contributed by atoms with Crippen LogP contribution in [0.3, 0.4) is 0 Å². The summed E-state index contributed by atoms with van der Waals surface area (Å²) < 4.78 is 5.70. The molecule has 0 aromatic heterocycles. The molecule has 1 N–H and O–H groups in total. The molecule has 3 rings (SSSR count). The molecule has 0 aromatic rings. The molecule has 3 aliphatic heterocycles. The lowest BCUT2D eigenvalue weighted by Crippen LogP contribution is -2.51. The molecule has 0 radical (unpaired) electrons. The molecule has 0 aliphatic carbocycles. The maximum atomic E-state index is 12.5. The van der Waals surface area contributed by atoms with E-state index in [-0.39, 0.29) is 18.1 Å². The van der Waals surface area contributed by atoms with Crippen molar-refractivity contribution in [2.24, 2.45) is 0 Å². The highest BCUT2D eigenvalue weighted by Crippen LogP contribution is 2.20. The summed E-state index contributed by atoms with van der Waals surface area (Å²) in [5.41, 5.74) is 0. The summed E-state index contributed by atoms with van der Waals surface area (Å²) in [7, 11) is 0. The van der Waals surface area contributed by atoms with E-state index in [1.807, 2.05) is 18.7 Å². The minimum atomic E-state index is 0.157. The van der Waals surface area contributed by atoms with E-state index in [0.717, 1.165) is 26.2 Å². The van der Waals surface area contributed by atoms with Gasteiger partial charge in [-0.1, -0.05) is 0 Å². The predicted octanol–water partition coefficient (Wildman–Crippen LogP) is 0.449. The predicted molar refractivity (Wildman–Crippen MR) is 77.6 cm³/mol. The van der Waals surface area contributed by atoms with Gasteiger partial charge in [0.15, 0.2) is 0 Å². The largest absolute Gasteiger partial charge is 0.372 e. The smallest absolute Gasteiger partial charge is 0.236 e. The molecule has 3 saturated heterocycles. The van der Waals surface area contributed by atoms with Crippen LogP contribution in [0.15, 0.2) is 0 Å². The molecular formula is C15H27N3O2. The Balaban J connectivity index is 1.53. The van der Waals surface area contributed by atoms with Crippen LogP contribution in [0.2, 0.25) is 0 Å². The molecule has 1 amide bonds. The van der Waals surface area contributed by atoms with E-state index < -0.39 is 0 Å². The number of carbonyl (C=O) groups excluding carboxylic acids is 1. The number of ether oxygens (including phenoxy) is 1. The van der Waals surface area contributed by atoms with Crippen LogP contribution in [0.4, 0.5) is 0 Å². The summed E-state index contributed by atoms with van der Waals surface area (Å²) in [5.74, 6) is 0.268. The van der Waals surface area contributed by atoms with Gasteiger partial charge in [-0.2, -0.15) is 0 Å². The van der Waals surface area contributed by atoms with Gasteiger partial charge in [-0.3, -0.25) is 9.69 Å². The molecule has 3 aliphatic rings. The lowest BCUT2D eigenvalue weighted by atomic mass is 10.1. The first-order valence-electron chi connectivity index (χ1n) is 8.02. The Kier molecular flexibility index (Phi) is 4.29. The van der Waals surface area contributed by atoms with Gasteiger partial charge in [-0.05, 0) is 33.1 Å². The number of hydrogen-bond donors (Lipinski definition) is 1. The van der Waals surface area contributed by atoms with E-state index in [1.54, 1.807) is 0 Å². The lowest BCUT2D eigenvalue weighted by molar-refractivity contribution is -0.144. The highest BCUT2D eigenvalue weighted by molar-refractivity contribution is 5.78. The fraction of sp³-hybridized carbons (Fsp3) is 0.933.